The summed E-state index contributed by atoms with van der Waals surface area (Å²) in [5.74, 6) is 0. The third-order valence-corrected chi connectivity index (χ3v) is 11.6. The molecule has 0 aliphatic rings. The molecule has 0 amide bonds. The van der Waals surface area contributed by atoms with E-state index in [9.17, 15) is 18.3 Å². The smallest absolute Gasteiger partial charge is 0.304 e. The Morgan fingerprint density at radius 3 is 0.805 bits per heavy atom. The Morgan fingerprint density at radius 1 is 0.415 bits per heavy atom. The van der Waals surface area contributed by atoms with E-state index in [1.807, 2.05) is 0 Å². The Morgan fingerprint density at radius 2 is 0.634 bits per heavy atom. The van der Waals surface area contributed by atoms with Crippen LogP contribution >= 0.6 is 31.3 Å². The van der Waals surface area contributed by atoms with Gasteiger partial charge >= 0.3 is 31.3 Å². The van der Waals surface area contributed by atoms with Crippen LogP contribution in [-0.2, 0) is 44.8 Å². The monoisotopic (exact) mass is 683 g/mol. The van der Waals surface area contributed by atoms with E-state index < -0.39 is 31.3 Å². The van der Waals surface area contributed by atoms with Crippen molar-refractivity contribution in [2.45, 2.75) is 62.3 Å². The Kier molecular flexibility index (Phi) is 31.6. The van der Waals surface area contributed by atoms with E-state index in [4.69, 9.17) is 14.7 Å². The molecule has 0 aromatic rings. The van der Waals surface area contributed by atoms with Crippen molar-refractivity contribution in [2.24, 2.45) is 0 Å². The summed E-state index contributed by atoms with van der Waals surface area (Å²) in [7, 11) is -18.4. The molecule has 0 aromatic heterocycles. The topological polar surface area (TPSA) is 194 Å². The number of nitrogens with zero attached hydrogens (tertiary/aromatic N) is 3. The lowest BCUT2D eigenvalue weighted by atomic mass is 10.5. The predicted octanol–water partition coefficient (Wildman–Crippen LogP) is 5.43. The zero-order chi connectivity index (χ0) is 33.3. The van der Waals surface area contributed by atoms with E-state index in [0.717, 1.165) is 14.2 Å². The van der Waals surface area contributed by atoms with Gasteiger partial charge in [0.05, 0.1) is 0 Å². The Balaban J connectivity index is -0.000000265. The zero-order valence-electron chi connectivity index (χ0n) is 26.9. The molecule has 0 radical (unpaired) electrons. The molecule has 16 nitrogen and oxygen atoms in total. The van der Waals surface area contributed by atoms with Gasteiger partial charge < -0.3 is 29.4 Å². The van der Waals surface area contributed by atoms with E-state index in [1.165, 1.54) is 58.9 Å². The molecule has 20 heteroatoms. The molecule has 0 aliphatic carbocycles. The lowest BCUT2D eigenvalue weighted by Gasteiger charge is -2.19. The summed E-state index contributed by atoms with van der Waals surface area (Å²) in [5.41, 5.74) is 0. The van der Waals surface area contributed by atoms with Crippen molar-refractivity contribution >= 4 is 31.3 Å². The minimum Gasteiger partial charge on any atom is -0.304 e. The van der Waals surface area contributed by atoms with Crippen LogP contribution in [0, 0.1) is 0 Å². The van der Waals surface area contributed by atoms with Crippen LogP contribution < -0.4 is 0 Å². The fourth-order valence-electron chi connectivity index (χ4n) is 2.60. The maximum Gasteiger partial charge on any atom is 0.490 e. The van der Waals surface area contributed by atoms with Crippen LogP contribution in [0.2, 0.25) is 0 Å². The van der Waals surface area contributed by atoms with E-state index in [1.54, 1.807) is 0 Å². The summed E-state index contributed by atoms with van der Waals surface area (Å²) in [5, 5.41) is 0. The summed E-state index contributed by atoms with van der Waals surface area (Å²) >= 11 is 0. The first-order chi connectivity index (χ1) is 18.8. The minimum absolute atomic E-state index is 0.653. The maximum absolute atomic E-state index is 11.4. The van der Waals surface area contributed by atoms with Crippen molar-refractivity contribution in [3.8, 4) is 0 Å². The lowest BCUT2D eigenvalue weighted by Crippen LogP contribution is -2.21. The average Bonchev–Trinajstić information content (AvgIpc) is 2.91. The molecule has 0 saturated carbocycles. The Bertz CT molecular complexity index is 746. The Hall–Kier alpha value is 0.440. The fourth-order valence-corrected chi connectivity index (χ4v) is 7.43. The van der Waals surface area contributed by atoms with Gasteiger partial charge in [0, 0.05) is 21.3 Å². The molecule has 41 heavy (non-hydrogen) atoms. The van der Waals surface area contributed by atoms with Crippen LogP contribution in [0.3, 0.4) is 0 Å². The first kappa shape index (κ1) is 48.3. The largest absolute Gasteiger partial charge is 0.490 e. The van der Waals surface area contributed by atoms with Gasteiger partial charge in [0.15, 0.2) is 0 Å². The molecule has 0 rings (SSSR count). The molecule has 0 aliphatic heterocycles. The van der Waals surface area contributed by atoms with E-state index in [-0.39, 0.29) is 0 Å². The van der Waals surface area contributed by atoms with Gasteiger partial charge in [0.25, 0.3) is 0 Å². The van der Waals surface area contributed by atoms with Gasteiger partial charge in [-0.3, -0.25) is 13.6 Å². The van der Waals surface area contributed by atoms with Crippen LogP contribution in [0.1, 0.15) is 62.3 Å². The SMILES string of the molecule is CCN(CC)CC.CCN(CC)CC.CCN(CC)CC.COP(=O)(O)OP(=O)(O)OP(=O)(O)OP(=O)(OC)OC. The predicted molar refractivity (Wildman–Crippen MR) is 162 cm³/mol. The molecule has 0 saturated heterocycles. The second kappa shape index (κ2) is 26.8. The van der Waals surface area contributed by atoms with Crippen LogP contribution in [0.15, 0.2) is 0 Å². The highest BCUT2D eigenvalue weighted by Crippen LogP contribution is 2.72. The maximum atomic E-state index is 11.4. The molecule has 0 aromatic carbocycles. The average molecular weight is 684 g/mol. The quantitative estimate of drug-likeness (QED) is 0.155. The van der Waals surface area contributed by atoms with Crippen molar-refractivity contribution in [3.63, 3.8) is 0 Å². The first-order valence-electron chi connectivity index (χ1n) is 13.4. The highest BCUT2D eigenvalue weighted by atomic mass is 31.3. The van der Waals surface area contributed by atoms with Crippen molar-refractivity contribution < 1.29 is 59.4 Å². The summed E-state index contributed by atoms with van der Waals surface area (Å²) in [4.78, 5) is 33.9. The van der Waals surface area contributed by atoms with E-state index >= 15 is 0 Å². The standard InChI is InChI=1S/3C6H15N.C3H12O13P4/c3*1-4-7(5-2)6-3;1-11-17(4,5)14-18(6,7)15-19(8,9)16-20(10,12-2)13-3/h3*4-6H2,1-3H3;1-3H3,(H,4,5)(H,6,7)(H,8,9). The van der Waals surface area contributed by atoms with Gasteiger partial charge in [-0.2, -0.15) is 12.9 Å². The third kappa shape index (κ3) is 28.9. The molecular formula is C21H57N3O13P4. The molecule has 0 heterocycles. The van der Waals surface area contributed by atoms with Gasteiger partial charge in [0.1, 0.15) is 0 Å². The molecule has 0 fully saturated rings. The number of phosphoric acid groups is 4. The fraction of sp³-hybridized carbons (Fsp3) is 1.00. The van der Waals surface area contributed by atoms with Crippen LogP contribution in [0.25, 0.3) is 0 Å². The zero-order valence-corrected chi connectivity index (χ0v) is 30.5. The summed E-state index contributed by atoms with van der Waals surface area (Å²) in [6.07, 6.45) is 0. The minimum atomic E-state index is -5.57. The molecule has 254 valence electrons. The second-order valence-corrected chi connectivity index (χ2v) is 14.3. The highest BCUT2D eigenvalue weighted by Gasteiger charge is 2.45. The van der Waals surface area contributed by atoms with Gasteiger partial charge in [-0.25, -0.2) is 18.3 Å². The molecule has 0 bridgehead atoms. The van der Waals surface area contributed by atoms with Crippen LogP contribution in [-0.4, -0.2) is 110 Å². The van der Waals surface area contributed by atoms with Crippen molar-refractivity contribution in [3.05, 3.63) is 0 Å². The second-order valence-electron chi connectivity index (χ2n) is 7.50. The molecule has 0 spiro atoms. The Labute approximate surface area is 248 Å². The third-order valence-electron chi connectivity index (χ3n) is 5.32. The molecule has 3 N–H and O–H groups in total. The normalized spacial score (nSPS) is 15.9. The number of phosphoric ester groups is 2. The van der Waals surface area contributed by atoms with Crippen molar-refractivity contribution in [2.75, 3.05) is 80.2 Å². The number of hydrogen-bond donors (Lipinski definition) is 3. The van der Waals surface area contributed by atoms with Crippen molar-refractivity contribution in [1.29, 1.82) is 0 Å². The number of hydrogen-bond acceptors (Lipinski definition) is 13. The van der Waals surface area contributed by atoms with Gasteiger partial charge in [-0.1, -0.05) is 62.3 Å². The molecule has 3 atom stereocenters. The highest BCUT2D eigenvalue weighted by molar-refractivity contribution is 7.69. The van der Waals surface area contributed by atoms with E-state index in [2.05, 4.69) is 104 Å². The first-order valence-corrected chi connectivity index (χ1v) is 19.4. The molecule has 3 unspecified atom stereocenters. The summed E-state index contributed by atoms with van der Waals surface area (Å²) < 4.78 is 67.8. The molecular weight excluding hydrogens is 626 g/mol. The summed E-state index contributed by atoms with van der Waals surface area (Å²) in [6.45, 7) is 30.4. The lowest BCUT2D eigenvalue weighted by molar-refractivity contribution is 0.168. The van der Waals surface area contributed by atoms with Gasteiger partial charge in [-0.15, -0.1) is 0 Å². The number of rotatable bonds is 18. The van der Waals surface area contributed by atoms with Crippen LogP contribution in [0.5, 0.6) is 0 Å². The van der Waals surface area contributed by atoms with Crippen LogP contribution in [0.4, 0.5) is 0 Å². The van der Waals surface area contributed by atoms with Gasteiger partial charge in [0.2, 0.25) is 0 Å². The summed E-state index contributed by atoms with van der Waals surface area (Å²) in [6, 6.07) is 0. The van der Waals surface area contributed by atoms with Crippen molar-refractivity contribution in [1.82, 2.24) is 14.7 Å². The van der Waals surface area contributed by atoms with Gasteiger partial charge in [-0.05, 0) is 58.9 Å². The van der Waals surface area contributed by atoms with E-state index in [0.29, 0.717) is 7.11 Å².